The second-order valence-electron chi connectivity index (χ2n) is 4.35. The molecular formula is C14H20N2O3S. The number of carbonyl (C=O) groups is 1. The fourth-order valence-corrected chi connectivity index (χ4v) is 3.14. The van der Waals surface area contributed by atoms with E-state index in [9.17, 15) is 13.2 Å². The molecule has 1 rings (SSSR count). The summed E-state index contributed by atoms with van der Waals surface area (Å²) < 4.78 is 25.2. The Morgan fingerprint density at radius 2 is 2.00 bits per heavy atom. The monoisotopic (exact) mass is 296 g/mol. The van der Waals surface area contributed by atoms with Crippen molar-refractivity contribution < 1.29 is 13.2 Å². The molecule has 5 nitrogen and oxygen atoms in total. The Morgan fingerprint density at radius 1 is 1.40 bits per heavy atom. The van der Waals surface area contributed by atoms with Crippen LogP contribution < -0.4 is 9.62 Å². The number of anilines is 1. The average molecular weight is 296 g/mol. The highest BCUT2D eigenvalue weighted by Crippen LogP contribution is 2.21. The number of para-hydroxylation sites is 1. The Balaban J connectivity index is 3.16. The van der Waals surface area contributed by atoms with E-state index in [4.69, 9.17) is 0 Å². The first kappa shape index (κ1) is 16.2. The molecule has 0 unspecified atom stereocenters. The van der Waals surface area contributed by atoms with Crippen LogP contribution in [0.3, 0.4) is 0 Å². The molecule has 0 aliphatic heterocycles. The lowest BCUT2D eigenvalue weighted by Crippen LogP contribution is -2.49. The average Bonchev–Trinajstić information content (AvgIpc) is 2.41. The standard InChI is InChI=1S/C14H20N2O3S/c1-4-11-15-14(17)13(5-2)16(20(3,18)19)12-9-7-6-8-10-12/h4,6-10,13H,1,5,11H2,2-3H3,(H,15,17)/t13-/m0/s1. The quantitative estimate of drug-likeness (QED) is 0.776. The lowest BCUT2D eigenvalue weighted by atomic mass is 10.2. The van der Waals surface area contributed by atoms with E-state index in [0.29, 0.717) is 18.7 Å². The molecule has 20 heavy (non-hydrogen) atoms. The van der Waals surface area contributed by atoms with Crippen LogP contribution in [0.15, 0.2) is 43.0 Å². The van der Waals surface area contributed by atoms with Crippen molar-refractivity contribution in [3.05, 3.63) is 43.0 Å². The Morgan fingerprint density at radius 3 is 2.45 bits per heavy atom. The summed E-state index contributed by atoms with van der Waals surface area (Å²) in [7, 11) is -3.55. The van der Waals surface area contributed by atoms with Crippen LogP contribution in [0, 0.1) is 0 Å². The van der Waals surface area contributed by atoms with Crippen LogP contribution in [0.25, 0.3) is 0 Å². The first-order valence-corrected chi connectivity index (χ1v) is 8.19. The number of rotatable bonds is 7. The van der Waals surface area contributed by atoms with E-state index in [1.54, 1.807) is 43.3 Å². The Hall–Kier alpha value is -1.82. The second-order valence-corrected chi connectivity index (χ2v) is 6.21. The summed E-state index contributed by atoms with van der Waals surface area (Å²) in [6.45, 7) is 5.61. The molecule has 0 bridgehead atoms. The molecule has 1 N–H and O–H groups in total. The maximum absolute atomic E-state index is 12.1. The molecule has 6 heteroatoms. The van der Waals surface area contributed by atoms with E-state index in [-0.39, 0.29) is 5.91 Å². The predicted octanol–water partition coefficient (Wildman–Crippen LogP) is 1.53. The zero-order chi connectivity index (χ0) is 15.2. The number of sulfonamides is 1. The van der Waals surface area contributed by atoms with Gasteiger partial charge in [-0.15, -0.1) is 6.58 Å². The van der Waals surface area contributed by atoms with Crippen molar-refractivity contribution in [1.82, 2.24) is 5.32 Å². The van der Waals surface area contributed by atoms with Crippen molar-refractivity contribution in [2.45, 2.75) is 19.4 Å². The van der Waals surface area contributed by atoms with Crippen molar-refractivity contribution in [3.63, 3.8) is 0 Å². The summed E-state index contributed by atoms with van der Waals surface area (Å²) in [5.74, 6) is -0.332. The Bertz CT molecular complexity index is 555. The topological polar surface area (TPSA) is 66.5 Å². The van der Waals surface area contributed by atoms with Gasteiger partial charge in [0.15, 0.2) is 0 Å². The van der Waals surface area contributed by atoms with Gasteiger partial charge in [-0.3, -0.25) is 9.10 Å². The van der Waals surface area contributed by atoms with E-state index in [0.717, 1.165) is 10.6 Å². The van der Waals surface area contributed by atoms with Crippen molar-refractivity contribution in [3.8, 4) is 0 Å². The number of nitrogens with zero attached hydrogens (tertiary/aromatic N) is 1. The molecular weight excluding hydrogens is 276 g/mol. The van der Waals surface area contributed by atoms with Gasteiger partial charge in [0.05, 0.1) is 11.9 Å². The van der Waals surface area contributed by atoms with E-state index >= 15 is 0 Å². The summed E-state index contributed by atoms with van der Waals surface area (Å²) in [5, 5.41) is 2.64. The Kier molecular flexibility index (Phi) is 5.76. The maximum atomic E-state index is 12.1. The molecule has 0 heterocycles. The third kappa shape index (κ3) is 4.09. The van der Waals surface area contributed by atoms with Gasteiger partial charge in [-0.1, -0.05) is 31.2 Å². The minimum Gasteiger partial charge on any atom is -0.351 e. The highest BCUT2D eigenvalue weighted by molar-refractivity contribution is 7.92. The Labute approximate surface area is 120 Å². The van der Waals surface area contributed by atoms with Crippen LogP contribution in [0.1, 0.15) is 13.3 Å². The molecule has 0 spiro atoms. The molecule has 0 aliphatic rings. The van der Waals surface area contributed by atoms with Gasteiger partial charge in [0.2, 0.25) is 15.9 Å². The summed E-state index contributed by atoms with van der Waals surface area (Å²) >= 11 is 0. The zero-order valence-electron chi connectivity index (χ0n) is 11.7. The molecule has 0 saturated carbocycles. The second kappa shape index (κ2) is 7.09. The van der Waals surface area contributed by atoms with Crippen molar-refractivity contribution in [2.75, 3.05) is 17.1 Å². The van der Waals surface area contributed by atoms with Crippen LogP contribution in [0.2, 0.25) is 0 Å². The smallest absolute Gasteiger partial charge is 0.244 e. The first-order chi connectivity index (χ1) is 9.41. The van der Waals surface area contributed by atoms with Crippen LogP contribution in [0.5, 0.6) is 0 Å². The lowest BCUT2D eigenvalue weighted by molar-refractivity contribution is -0.122. The summed E-state index contributed by atoms with van der Waals surface area (Å²) in [6, 6.07) is 7.84. The molecule has 0 saturated heterocycles. The predicted molar refractivity (Wildman–Crippen MR) is 81.1 cm³/mol. The molecule has 0 aliphatic carbocycles. The van der Waals surface area contributed by atoms with E-state index in [1.165, 1.54) is 0 Å². The molecule has 0 radical (unpaired) electrons. The number of nitrogens with one attached hydrogen (secondary N) is 1. The fraction of sp³-hybridized carbons (Fsp3) is 0.357. The normalized spacial score (nSPS) is 12.5. The number of carbonyl (C=O) groups excluding carboxylic acids is 1. The highest BCUT2D eigenvalue weighted by Gasteiger charge is 2.30. The van der Waals surface area contributed by atoms with Gasteiger partial charge < -0.3 is 5.32 Å². The van der Waals surface area contributed by atoms with Gasteiger partial charge in [0.25, 0.3) is 0 Å². The van der Waals surface area contributed by atoms with Crippen molar-refractivity contribution >= 4 is 21.6 Å². The molecule has 1 amide bonds. The van der Waals surface area contributed by atoms with Gasteiger partial charge in [-0.05, 0) is 18.6 Å². The highest BCUT2D eigenvalue weighted by atomic mass is 32.2. The molecule has 1 atom stereocenters. The van der Waals surface area contributed by atoms with Crippen LogP contribution in [-0.4, -0.2) is 33.2 Å². The third-order valence-electron chi connectivity index (χ3n) is 2.76. The van der Waals surface area contributed by atoms with Crippen molar-refractivity contribution in [2.24, 2.45) is 0 Å². The van der Waals surface area contributed by atoms with E-state index in [2.05, 4.69) is 11.9 Å². The van der Waals surface area contributed by atoms with E-state index in [1.807, 2.05) is 0 Å². The zero-order valence-corrected chi connectivity index (χ0v) is 12.6. The molecule has 110 valence electrons. The van der Waals surface area contributed by atoms with Crippen LogP contribution >= 0.6 is 0 Å². The molecule has 1 aromatic rings. The molecule has 0 aromatic heterocycles. The van der Waals surface area contributed by atoms with Gasteiger partial charge >= 0.3 is 0 Å². The van der Waals surface area contributed by atoms with Gasteiger partial charge in [0.1, 0.15) is 6.04 Å². The van der Waals surface area contributed by atoms with Crippen LogP contribution in [-0.2, 0) is 14.8 Å². The lowest BCUT2D eigenvalue weighted by Gasteiger charge is -2.29. The molecule has 0 fully saturated rings. The number of hydrogen-bond acceptors (Lipinski definition) is 3. The van der Waals surface area contributed by atoms with Crippen LogP contribution in [0.4, 0.5) is 5.69 Å². The largest absolute Gasteiger partial charge is 0.351 e. The third-order valence-corrected chi connectivity index (χ3v) is 3.94. The maximum Gasteiger partial charge on any atom is 0.244 e. The minimum absolute atomic E-state index is 0.307. The minimum atomic E-state index is -3.55. The SMILES string of the molecule is C=CCNC(=O)[C@H](CC)N(c1ccccc1)S(C)(=O)=O. The van der Waals surface area contributed by atoms with Gasteiger partial charge in [-0.2, -0.15) is 0 Å². The number of amides is 1. The number of hydrogen-bond donors (Lipinski definition) is 1. The fourth-order valence-electron chi connectivity index (χ4n) is 1.93. The van der Waals surface area contributed by atoms with E-state index < -0.39 is 16.1 Å². The summed E-state index contributed by atoms with van der Waals surface area (Å²) in [4.78, 5) is 12.1. The number of benzene rings is 1. The summed E-state index contributed by atoms with van der Waals surface area (Å²) in [6.07, 6.45) is 3.03. The van der Waals surface area contributed by atoms with Gasteiger partial charge in [-0.25, -0.2) is 8.42 Å². The first-order valence-electron chi connectivity index (χ1n) is 6.34. The molecule has 1 aromatic carbocycles. The summed E-state index contributed by atoms with van der Waals surface area (Å²) in [5.41, 5.74) is 0.482. The van der Waals surface area contributed by atoms with Gasteiger partial charge in [0, 0.05) is 6.54 Å². The van der Waals surface area contributed by atoms with Crippen molar-refractivity contribution in [1.29, 1.82) is 0 Å².